The van der Waals surface area contributed by atoms with Gasteiger partial charge in [0.25, 0.3) is 0 Å². The summed E-state index contributed by atoms with van der Waals surface area (Å²) in [6, 6.07) is 15.6. The molecule has 1 amide bonds. The lowest BCUT2D eigenvalue weighted by atomic mass is 9.79. The molecule has 160 valence electrons. The summed E-state index contributed by atoms with van der Waals surface area (Å²) >= 11 is 0. The van der Waals surface area contributed by atoms with E-state index in [-0.39, 0.29) is 11.8 Å². The lowest BCUT2D eigenvalue weighted by molar-refractivity contribution is -0.134. The molecule has 0 spiro atoms. The molecule has 31 heavy (non-hydrogen) atoms. The van der Waals surface area contributed by atoms with Gasteiger partial charge in [-0.1, -0.05) is 48.0 Å². The van der Waals surface area contributed by atoms with Crippen LogP contribution in [0.4, 0.5) is 0 Å². The first kappa shape index (κ1) is 20.1. The predicted molar refractivity (Wildman–Crippen MR) is 127 cm³/mol. The molecule has 0 unspecified atom stereocenters. The molecule has 3 aromatic rings. The number of nitrogens with one attached hydrogen (secondary N) is 1. The van der Waals surface area contributed by atoms with Gasteiger partial charge in [0.1, 0.15) is 0 Å². The molecule has 0 fully saturated rings. The lowest BCUT2D eigenvalue weighted by Crippen LogP contribution is -2.48. The van der Waals surface area contributed by atoms with E-state index < -0.39 is 0 Å². The van der Waals surface area contributed by atoms with E-state index in [0.717, 1.165) is 32.6 Å². The van der Waals surface area contributed by atoms with Crippen LogP contribution in [0.5, 0.6) is 0 Å². The van der Waals surface area contributed by atoms with Crippen LogP contribution in [0.1, 0.15) is 36.1 Å². The summed E-state index contributed by atoms with van der Waals surface area (Å²) < 4.78 is 0. The Bertz CT molecular complexity index is 1140. The van der Waals surface area contributed by atoms with E-state index in [0.29, 0.717) is 6.04 Å². The van der Waals surface area contributed by atoms with Gasteiger partial charge in [-0.25, -0.2) is 0 Å². The maximum absolute atomic E-state index is 13.4. The fraction of sp³-hybridized carbons (Fsp3) is 0.370. The first-order chi connectivity index (χ1) is 15.1. The smallest absolute Gasteiger partial charge is 0.230 e. The van der Waals surface area contributed by atoms with Crippen LogP contribution in [0, 0.1) is 12.8 Å². The zero-order valence-corrected chi connectivity index (χ0v) is 18.7. The number of hydrogen-bond acceptors (Lipinski definition) is 2. The summed E-state index contributed by atoms with van der Waals surface area (Å²) in [4.78, 5) is 21.3. The molecule has 2 atom stereocenters. The summed E-state index contributed by atoms with van der Waals surface area (Å²) in [6.07, 6.45) is 5.44. The summed E-state index contributed by atoms with van der Waals surface area (Å²) in [5.41, 5.74) is 7.76. The van der Waals surface area contributed by atoms with Crippen molar-refractivity contribution in [2.75, 3.05) is 19.6 Å². The van der Waals surface area contributed by atoms with Crippen LogP contribution >= 0.6 is 0 Å². The second-order valence-electron chi connectivity index (χ2n) is 8.92. The van der Waals surface area contributed by atoms with Crippen molar-refractivity contribution < 1.29 is 4.79 Å². The lowest BCUT2D eigenvalue weighted by Gasteiger charge is -2.42. The second-order valence-corrected chi connectivity index (χ2v) is 8.92. The van der Waals surface area contributed by atoms with E-state index in [1.165, 1.54) is 38.7 Å². The van der Waals surface area contributed by atoms with E-state index in [1.807, 2.05) is 4.90 Å². The van der Waals surface area contributed by atoms with Gasteiger partial charge >= 0.3 is 0 Å². The highest BCUT2D eigenvalue weighted by Gasteiger charge is 2.38. The Morgan fingerprint density at radius 1 is 1.13 bits per heavy atom. The van der Waals surface area contributed by atoms with E-state index in [4.69, 9.17) is 0 Å². The van der Waals surface area contributed by atoms with Crippen molar-refractivity contribution in [1.82, 2.24) is 14.8 Å². The number of benzene rings is 2. The number of carbonyl (C=O) groups excluding carboxylic acids is 1. The van der Waals surface area contributed by atoms with Crippen LogP contribution in [0.25, 0.3) is 16.5 Å². The van der Waals surface area contributed by atoms with Crippen molar-refractivity contribution in [3.05, 3.63) is 77.0 Å². The maximum Gasteiger partial charge on any atom is 0.230 e. The molecule has 4 heteroatoms. The Morgan fingerprint density at radius 3 is 2.65 bits per heavy atom. The Balaban J connectivity index is 1.57. The Hall–Kier alpha value is -2.85. The SMILES string of the molecule is CCN(CC)C(=O)[C@@H]1C=C2c3cccc4[nH]cc(c34)C[C@H]2N(Cc2ccc(C)cc2)C1. The maximum atomic E-state index is 13.4. The molecule has 5 rings (SSSR count). The third-order valence-electron chi connectivity index (χ3n) is 7.02. The van der Waals surface area contributed by atoms with Crippen LogP contribution in [0.3, 0.4) is 0 Å². The molecule has 2 heterocycles. The molecule has 0 radical (unpaired) electrons. The molecule has 2 aliphatic rings. The fourth-order valence-corrected chi connectivity index (χ4v) is 5.35. The molecular weight excluding hydrogens is 382 g/mol. The van der Waals surface area contributed by atoms with Gasteiger partial charge < -0.3 is 9.88 Å². The molecule has 0 saturated heterocycles. The number of amides is 1. The number of nitrogens with zero attached hydrogens (tertiary/aromatic N) is 2. The van der Waals surface area contributed by atoms with E-state index in [1.54, 1.807) is 0 Å². The van der Waals surface area contributed by atoms with Crippen molar-refractivity contribution in [3.8, 4) is 0 Å². The highest BCUT2D eigenvalue weighted by Crippen LogP contribution is 2.42. The van der Waals surface area contributed by atoms with Gasteiger partial charge in [-0.3, -0.25) is 9.69 Å². The van der Waals surface area contributed by atoms with Gasteiger partial charge in [-0.15, -0.1) is 0 Å². The highest BCUT2D eigenvalue weighted by atomic mass is 16.2. The molecule has 1 aliphatic carbocycles. The van der Waals surface area contributed by atoms with E-state index >= 15 is 0 Å². The minimum Gasteiger partial charge on any atom is -0.361 e. The third-order valence-corrected chi connectivity index (χ3v) is 7.02. The van der Waals surface area contributed by atoms with Crippen LogP contribution in [-0.4, -0.2) is 46.4 Å². The molecule has 1 aromatic heterocycles. The molecular formula is C27H31N3O. The number of H-pyrrole nitrogens is 1. The molecule has 0 bridgehead atoms. The number of aryl methyl sites for hydroxylation is 1. The van der Waals surface area contributed by atoms with Gasteiger partial charge in [-0.05, 0) is 55.5 Å². The minimum atomic E-state index is -0.104. The van der Waals surface area contributed by atoms with Crippen molar-refractivity contribution >= 4 is 22.4 Å². The molecule has 1 N–H and O–H groups in total. The number of carbonyl (C=O) groups is 1. The summed E-state index contributed by atoms with van der Waals surface area (Å²) in [5, 5.41) is 1.33. The molecule has 1 aliphatic heterocycles. The first-order valence-corrected chi connectivity index (χ1v) is 11.5. The topological polar surface area (TPSA) is 39.3 Å². The monoisotopic (exact) mass is 413 g/mol. The van der Waals surface area contributed by atoms with Gasteiger partial charge in [0, 0.05) is 49.3 Å². The quantitative estimate of drug-likeness (QED) is 0.654. The van der Waals surface area contributed by atoms with Crippen molar-refractivity contribution in [3.63, 3.8) is 0 Å². The predicted octanol–water partition coefficient (Wildman–Crippen LogP) is 4.78. The van der Waals surface area contributed by atoms with Crippen LogP contribution in [0.15, 0.2) is 54.7 Å². The minimum absolute atomic E-state index is 0.104. The normalized spacial score (nSPS) is 20.4. The number of aromatic nitrogens is 1. The van der Waals surface area contributed by atoms with Gasteiger partial charge in [-0.2, -0.15) is 0 Å². The van der Waals surface area contributed by atoms with Gasteiger partial charge in [0.2, 0.25) is 5.91 Å². The number of hydrogen-bond donors (Lipinski definition) is 1. The first-order valence-electron chi connectivity index (χ1n) is 11.5. The Kier molecular flexibility index (Phi) is 5.19. The van der Waals surface area contributed by atoms with Gasteiger partial charge in [0.05, 0.1) is 5.92 Å². The third kappa shape index (κ3) is 3.49. The number of fused-ring (bicyclic) bond motifs is 2. The second kappa shape index (κ2) is 8.01. The zero-order valence-electron chi connectivity index (χ0n) is 18.7. The zero-order chi connectivity index (χ0) is 21.5. The number of rotatable bonds is 5. The average Bonchev–Trinajstić information content (AvgIpc) is 3.21. The number of aromatic amines is 1. The Labute approximate surface area is 184 Å². The summed E-state index contributed by atoms with van der Waals surface area (Å²) in [7, 11) is 0. The van der Waals surface area contributed by atoms with Crippen molar-refractivity contribution in [1.29, 1.82) is 0 Å². The van der Waals surface area contributed by atoms with E-state index in [9.17, 15) is 4.79 Å². The molecule has 2 aromatic carbocycles. The van der Waals surface area contributed by atoms with Crippen LogP contribution < -0.4 is 0 Å². The molecule has 4 nitrogen and oxygen atoms in total. The Morgan fingerprint density at radius 2 is 1.90 bits per heavy atom. The standard InChI is InChI=1S/C27H31N3O/c1-4-29(5-2)27(31)21-13-23-22-7-6-8-24-26(22)20(15-28-24)14-25(23)30(17-21)16-19-11-9-18(3)10-12-19/h6-13,15,21,25,28H,4-5,14,16-17H2,1-3H3/t21-,25-/m1/s1. The molecule has 0 saturated carbocycles. The van der Waals surface area contributed by atoms with Crippen molar-refractivity contribution in [2.24, 2.45) is 5.92 Å². The largest absolute Gasteiger partial charge is 0.361 e. The van der Waals surface area contributed by atoms with Crippen molar-refractivity contribution in [2.45, 2.75) is 39.8 Å². The summed E-state index contributed by atoms with van der Waals surface area (Å²) in [6.45, 7) is 9.41. The van der Waals surface area contributed by atoms with E-state index in [2.05, 4.69) is 85.4 Å². The van der Waals surface area contributed by atoms with Crippen LogP contribution in [0.2, 0.25) is 0 Å². The highest BCUT2D eigenvalue weighted by molar-refractivity contribution is 5.99. The van der Waals surface area contributed by atoms with Gasteiger partial charge in [0.15, 0.2) is 0 Å². The average molecular weight is 414 g/mol. The van der Waals surface area contributed by atoms with Crippen LogP contribution in [-0.2, 0) is 17.8 Å². The fourth-order valence-electron chi connectivity index (χ4n) is 5.35. The summed E-state index contributed by atoms with van der Waals surface area (Å²) in [5.74, 6) is 0.143.